The van der Waals surface area contributed by atoms with Crippen LogP contribution >= 0.6 is 0 Å². The molecule has 1 aromatic carbocycles. The number of methoxy groups -OCH3 is 1. The van der Waals surface area contributed by atoms with Crippen molar-refractivity contribution in [3.8, 4) is 5.75 Å². The molecular formula is C18H22FN3O3. The van der Waals surface area contributed by atoms with E-state index in [1.54, 1.807) is 12.1 Å². The van der Waals surface area contributed by atoms with Crippen molar-refractivity contribution in [1.82, 2.24) is 14.9 Å². The van der Waals surface area contributed by atoms with E-state index in [0.29, 0.717) is 13.0 Å². The smallest absolute Gasteiger partial charge is 0.250 e. The van der Waals surface area contributed by atoms with Gasteiger partial charge in [-0.05, 0) is 30.5 Å². The second-order valence-corrected chi connectivity index (χ2v) is 6.14. The van der Waals surface area contributed by atoms with Crippen molar-refractivity contribution in [1.29, 1.82) is 0 Å². The number of aryl methyl sites for hydroxylation is 1. The lowest BCUT2D eigenvalue weighted by Gasteiger charge is -2.33. The topological polar surface area (TPSA) is 67.5 Å². The molecule has 0 amide bonds. The molecule has 134 valence electrons. The predicted molar refractivity (Wildman–Crippen MR) is 91.1 cm³/mol. The maximum Gasteiger partial charge on any atom is 0.250 e. The molecule has 0 radical (unpaired) electrons. The summed E-state index contributed by atoms with van der Waals surface area (Å²) in [5, 5.41) is 0. The molecule has 1 saturated heterocycles. The number of morpholine rings is 1. The number of benzene rings is 1. The Hall–Kier alpha value is -2.25. The van der Waals surface area contributed by atoms with Crippen molar-refractivity contribution < 1.29 is 13.9 Å². The normalized spacial score (nSPS) is 18.2. The molecule has 0 bridgehead atoms. The first-order valence-electron chi connectivity index (χ1n) is 8.34. The number of hydrogen-bond donors (Lipinski definition) is 1. The molecule has 1 fully saturated rings. The van der Waals surface area contributed by atoms with Gasteiger partial charge in [-0.25, -0.2) is 9.37 Å². The molecule has 0 spiro atoms. The van der Waals surface area contributed by atoms with E-state index in [9.17, 15) is 9.18 Å². The summed E-state index contributed by atoms with van der Waals surface area (Å²) in [7, 11) is 1.47. The first-order valence-corrected chi connectivity index (χ1v) is 8.34. The van der Waals surface area contributed by atoms with E-state index < -0.39 is 0 Å². The van der Waals surface area contributed by atoms with Gasteiger partial charge in [0, 0.05) is 31.4 Å². The molecule has 3 rings (SSSR count). The van der Waals surface area contributed by atoms with Gasteiger partial charge in [-0.2, -0.15) is 0 Å². The second kappa shape index (κ2) is 8.22. The lowest BCUT2D eigenvalue weighted by atomic mass is 10.1. The molecule has 1 aliphatic heterocycles. The summed E-state index contributed by atoms with van der Waals surface area (Å²) < 4.78 is 24.4. The SMILES string of the molecule is COc1cc(CN2CCO[C@H](CCc3cc(=O)[nH]cn3)C2)ccc1F. The van der Waals surface area contributed by atoms with Crippen LogP contribution in [-0.2, 0) is 17.7 Å². The quantitative estimate of drug-likeness (QED) is 0.862. The molecule has 1 N–H and O–H groups in total. The van der Waals surface area contributed by atoms with Gasteiger partial charge in [-0.15, -0.1) is 0 Å². The summed E-state index contributed by atoms with van der Waals surface area (Å²) in [6.45, 7) is 3.01. The highest BCUT2D eigenvalue weighted by Crippen LogP contribution is 2.20. The van der Waals surface area contributed by atoms with Gasteiger partial charge in [-0.3, -0.25) is 9.69 Å². The lowest BCUT2D eigenvalue weighted by molar-refractivity contribution is -0.0346. The zero-order valence-corrected chi connectivity index (χ0v) is 14.2. The molecule has 1 atom stereocenters. The number of hydrogen-bond acceptors (Lipinski definition) is 5. The van der Waals surface area contributed by atoms with Gasteiger partial charge in [0.25, 0.3) is 5.56 Å². The summed E-state index contributed by atoms with van der Waals surface area (Å²) in [5.74, 6) is -0.0841. The summed E-state index contributed by atoms with van der Waals surface area (Å²) in [4.78, 5) is 20.3. The number of halogens is 1. The third-order valence-electron chi connectivity index (χ3n) is 4.30. The van der Waals surface area contributed by atoms with Crippen molar-refractivity contribution in [3.05, 3.63) is 58.0 Å². The summed E-state index contributed by atoms with van der Waals surface area (Å²) in [5.41, 5.74) is 1.64. The average Bonchev–Trinajstić information content (AvgIpc) is 2.62. The number of H-pyrrole nitrogens is 1. The van der Waals surface area contributed by atoms with Crippen molar-refractivity contribution in [2.75, 3.05) is 26.8 Å². The molecule has 2 aromatic rings. The van der Waals surface area contributed by atoms with Crippen molar-refractivity contribution >= 4 is 0 Å². The minimum absolute atomic E-state index is 0.0946. The fourth-order valence-corrected chi connectivity index (χ4v) is 3.01. The molecule has 7 heteroatoms. The van der Waals surface area contributed by atoms with Gasteiger partial charge in [0.1, 0.15) is 0 Å². The Morgan fingerprint density at radius 1 is 1.44 bits per heavy atom. The molecular weight excluding hydrogens is 325 g/mol. The van der Waals surface area contributed by atoms with Gasteiger partial charge < -0.3 is 14.5 Å². The van der Waals surface area contributed by atoms with Gasteiger partial charge in [0.05, 0.1) is 26.1 Å². The number of nitrogens with zero attached hydrogens (tertiary/aromatic N) is 2. The molecule has 25 heavy (non-hydrogen) atoms. The van der Waals surface area contributed by atoms with Crippen LogP contribution in [-0.4, -0.2) is 47.8 Å². The third-order valence-corrected chi connectivity index (χ3v) is 4.30. The highest BCUT2D eigenvalue weighted by atomic mass is 19.1. The van der Waals surface area contributed by atoms with Crippen LogP contribution in [0.5, 0.6) is 5.75 Å². The van der Waals surface area contributed by atoms with Crippen LogP contribution in [0.15, 0.2) is 35.4 Å². The zero-order chi connectivity index (χ0) is 17.6. The summed E-state index contributed by atoms with van der Waals surface area (Å²) in [6, 6.07) is 6.47. The molecule has 1 aliphatic rings. The van der Waals surface area contributed by atoms with Crippen molar-refractivity contribution in [2.45, 2.75) is 25.5 Å². The van der Waals surface area contributed by atoms with E-state index in [2.05, 4.69) is 14.9 Å². The Morgan fingerprint density at radius 2 is 2.32 bits per heavy atom. The maximum atomic E-state index is 13.5. The first-order chi connectivity index (χ1) is 12.1. The van der Waals surface area contributed by atoms with E-state index >= 15 is 0 Å². The Morgan fingerprint density at radius 3 is 3.12 bits per heavy atom. The highest BCUT2D eigenvalue weighted by molar-refractivity contribution is 5.30. The average molecular weight is 347 g/mol. The Labute approximate surface area is 145 Å². The predicted octanol–water partition coefficient (Wildman–Crippen LogP) is 1.75. The second-order valence-electron chi connectivity index (χ2n) is 6.14. The molecule has 2 heterocycles. The van der Waals surface area contributed by atoms with Gasteiger partial charge in [0.15, 0.2) is 11.6 Å². The van der Waals surface area contributed by atoms with E-state index in [1.807, 2.05) is 0 Å². The largest absolute Gasteiger partial charge is 0.494 e. The Balaban J connectivity index is 1.55. The first kappa shape index (κ1) is 17.6. The molecule has 0 unspecified atom stereocenters. The van der Waals surface area contributed by atoms with E-state index in [4.69, 9.17) is 9.47 Å². The van der Waals surface area contributed by atoms with Crippen LogP contribution in [0.4, 0.5) is 4.39 Å². The molecule has 0 saturated carbocycles. The number of aromatic nitrogens is 2. The van der Waals surface area contributed by atoms with Crippen LogP contribution in [0.1, 0.15) is 17.7 Å². The third kappa shape index (κ3) is 4.87. The van der Waals surface area contributed by atoms with Crippen LogP contribution in [0.3, 0.4) is 0 Å². The minimum Gasteiger partial charge on any atom is -0.494 e. The standard InChI is InChI=1S/C18H22FN3O3/c1-24-17-8-13(2-5-16(17)19)10-22-6-7-25-15(11-22)4-3-14-9-18(23)21-12-20-14/h2,5,8-9,12,15H,3-4,6-7,10-11H2,1H3,(H,20,21,23)/t15-/m1/s1. The Bertz CT molecular complexity index is 765. The lowest BCUT2D eigenvalue weighted by Crippen LogP contribution is -2.42. The van der Waals surface area contributed by atoms with Gasteiger partial charge in [-0.1, -0.05) is 6.07 Å². The van der Waals surface area contributed by atoms with Crippen LogP contribution in [0.25, 0.3) is 0 Å². The van der Waals surface area contributed by atoms with Crippen molar-refractivity contribution in [2.24, 2.45) is 0 Å². The minimum atomic E-state index is -0.351. The number of rotatable bonds is 6. The highest BCUT2D eigenvalue weighted by Gasteiger charge is 2.21. The monoisotopic (exact) mass is 347 g/mol. The fraction of sp³-hybridized carbons (Fsp3) is 0.444. The summed E-state index contributed by atoms with van der Waals surface area (Å²) >= 11 is 0. The Kier molecular flexibility index (Phi) is 5.78. The van der Waals surface area contributed by atoms with E-state index in [1.165, 1.54) is 25.6 Å². The number of aromatic amines is 1. The van der Waals surface area contributed by atoms with Crippen molar-refractivity contribution in [3.63, 3.8) is 0 Å². The number of nitrogens with one attached hydrogen (secondary N) is 1. The van der Waals surface area contributed by atoms with Gasteiger partial charge in [0.2, 0.25) is 0 Å². The molecule has 1 aromatic heterocycles. The van der Waals surface area contributed by atoms with Crippen LogP contribution < -0.4 is 10.3 Å². The fourth-order valence-electron chi connectivity index (χ4n) is 3.01. The van der Waals surface area contributed by atoms with E-state index in [0.717, 1.165) is 37.3 Å². The number of ether oxygens (including phenoxy) is 2. The maximum absolute atomic E-state index is 13.5. The molecule has 0 aliphatic carbocycles. The molecule has 6 nitrogen and oxygen atoms in total. The van der Waals surface area contributed by atoms with Crippen LogP contribution in [0.2, 0.25) is 0 Å². The van der Waals surface area contributed by atoms with Crippen LogP contribution in [0, 0.1) is 5.82 Å². The van der Waals surface area contributed by atoms with Gasteiger partial charge >= 0.3 is 0 Å². The summed E-state index contributed by atoms with van der Waals surface area (Å²) in [6.07, 6.45) is 3.03. The van der Waals surface area contributed by atoms with E-state index in [-0.39, 0.29) is 23.2 Å². The zero-order valence-electron chi connectivity index (χ0n) is 14.2.